The van der Waals surface area contributed by atoms with Crippen molar-refractivity contribution in [3.05, 3.63) is 58.8 Å². The maximum absolute atomic E-state index is 13.4. The van der Waals surface area contributed by atoms with E-state index in [1.54, 1.807) is 19.1 Å². The molecule has 3 aromatic rings. The molecule has 5 nitrogen and oxygen atoms in total. The van der Waals surface area contributed by atoms with Gasteiger partial charge in [-0.3, -0.25) is 14.5 Å². The van der Waals surface area contributed by atoms with E-state index in [-0.39, 0.29) is 17.8 Å². The number of carbonyl (C=O) groups excluding carboxylic acids is 1. The van der Waals surface area contributed by atoms with E-state index in [1.807, 2.05) is 31.5 Å². The molecule has 25 heavy (non-hydrogen) atoms. The highest BCUT2D eigenvalue weighted by Crippen LogP contribution is 2.19. The second-order valence-electron chi connectivity index (χ2n) is 6.46. The van der Waals surface area contributed by atoms with E-state index < -0.39 is 0 Å². The molecule has 0 saturated heterocycles. The Kier molecular flexibility index (Phi) is 4.53. The van der Waals surface area contributed by atoms with Crippen LogP contribution in [0, 0.1) is 26.6 Å². The largest absolute Gasteiger partial charge is 0.348 e. The average Bonchev–Trinajstić information content (AvgIpc) is 2.83. The van der Waals surface area contributed by atoms with Crippen LogP contribution in [0.1, 0.15) is 34.4 Å². The van der Waals surface area contributed by atoms with Crippen molar-refractivity contribution < 1.29 is 9.18 Å². The first-order chi connectivity index (χ1) is 11.8. The Hall–Kier alpha value is -2.76. The Labute approximate surface area is 145 Å². The molecule has 0 bridgehead atoms. The minimum absolute atomic E-state index is 0.102. The molecule has 0 aliphatic heterocycles. The third kappa shape index (κ3) is 3.68. The predicted octanol–water partition coefficient (Wildman–Crippen LogP) is 3.31. The zero-order chi connectivity index (χ0) is 18.1. The number of hydrogen-bond donors (Lipinski definition) is 1. The van der Waals surface area contributed by atoms with E-state index in [9.17, 15) is 9.18 Å². The van der Waals surface area contributed by atoms with Gasteiger partial charge in [0.05, 0.1) is 23.3 Å². The number of aromatic nitrogens is 3. The number of halogens is 1. The van der Waals surface area contributed by atoms with Crippen LogP contribution in [0.2, 0.25) is 0 Å². The van der Waals surface area contributed by atoms with Crippen molar-refractivity contribution >= 4 is 16.8 Å². The molecule has 0 unspecified atom stereocenters. The lowest BCUT2D eigenvalue weighted by Crippen LogP contribution is -2.36. The molecule has 2 heterocycles. The Morgan fingerprint density at radius 2 is 1.96 bits per heavy atom. The van der Waals surface area contributed by atoms with Gasteiger partial charge in [0.2, 0.25) is 0 Å². The van der Waals surface area contributed by atoms with Crippen LogP contribution in [0.4, 0.5) is 4.39 Å². The Balaban J connectivity index is 1.83. The van der Waals surface area contributed by atoms with Gasteiger partial charge in [0, 0.05) is 28.9 Å². The first kappa shape index (κ1) is 17.1. The minimum Gasteiger partial charge on any atom is -0.348 e. The van der Waals surface area contributed by atoms with Crippen LogP contribution in [0.3, 0.4) is 0 Å². The molecule has 1 aromatic carbocycles. The summed E-state index contributed by atoms with van der Waals surface area (Å²) in [5, 5.41) is 8.05. The monoisotopic (exact) mass is 340 g/mol. The molecule has 0 fully saturated rings. The maximum Gasteiger partial charge on any atom is 0.252 e. The lowest BCUT2D eigenvalue weighted by molar-refractivity contribution is 0.0937. The van der Waals surface area contributed by atoms with Crippen molar-refractivity contribution in [1.29, 1.82) is 0 Å². The number of fused-ring (bicyclic) bond motifs is 1. The molecule has 1 atom stereocenters. The van der Waals surface area contributed by atoms with Gasteiger partial charge in [-0.15, -0.1) is 0 Å². The lowest BCUT2D eigenvalue weighted by atomic mass is 10.1. The second kappa shape index (κ2) is 6.63. The van der Waals surface area contributed by atoms with Gasteiger partial charge in [-0.25, -0.2) is 4.39 Å². The number of nitrogens with one attached hydrogen (secondary N) is 1. The van der Waals surface area contributed by atoms with E-state index in [0.717, 1.165) is 11.4 Å². The van der Waals surface area contributed by atoms with E-state index >= 15 is 0 Å². The van der Waals surface area contributed by atoms with Crippen molar-refractivity contribution in [2.75, 3.05) is 0 Å². The molecule has 0 saturated carbocycles. The molecule has 2 aromatic heterocycles. The molecule has 3 rings (SSSR count). The summed E-state index contributed by atoms with van der Waals surface area (Å²) in [6.07, 6.45) is 0. The van der Waals surface area contributed by atoms with Crippen molar-refractivity contribution in [1.82, 2.24) is 20.1 Å². The summed E-state index contributed by atoms with van der Waals surface area (Å²) in [5.41, 5.74) is 3.67. The summed E-state index contributed by atoms with van der Waals surface area (Å²) in [4.78, 5) is 17.0. The molecular formula is C19H21FN4O. The summed E-state index contributed by atoms with van der Waals surface area (Å²) in [6.45, 7) is 8.24. The van der Waals surface area contributed by atoms with Crippen molar-refractivity contribution in [3.63, 3.8) is 0 Å². The van der Waals surface area contributed by atoms with Gasteiger partial charge >= 0.3 is 0 Å². The normalized spacial score (nSPS) is 12.4. The van der Waals surface area contributed by atoms with Crippen LogP contribution in [0.5, 0.6) is 0 Å². The molecule has 1 N–H and O–H groups in total. The zero-order valence-electron chi connectivity index (χ0n) is 14.8. The smallest absolute Gasteiger partial charge is 0.252 e. The Morgan fingerprint density at radius 3 is 2.64 bits per heavy atom. The first-order valence-electron chi connectivity index (χ1n) is 8.22. The fourth-order valence-corrected chi connectivity index (χ4v) is 2.99. The highest BCUT2D eigenvalue weighted by molar-refractivity contribution is 6.06. The van der Waals surface area contributed by atoms with Gasteiger partial charge in [-0.1, -0.05) is 0 Å². The highest BCUT2D eigenvalue weighted by Gasteiger charge is 2.16. The van der Waals surface area contributed by atoms with Gasteiger partial charge in [0.15, 0.2) is 0 Å². The van der Waals surface area contributed by atoms with Gasteiger partial charge in [-0.2, -0.15) is 5.10 Å². The van der Waals surface area contributed by atoms with Crippen LogP contribution in [0.15, 0.2) is 30.3 Å². The number of amides is 1. The summed E-state index contributed by atoms with van der Waals surface area (Å²) >= 11 is 0. The van der Waals surface area contributed by atoms with Crippen LogP contribution in [-0.2, 0) is 6.54 Å². The quantitative estimate of drug-likeness (QED) is 0.793. The molecule has 0 spiro atoms. The Bertz CT molecular complexity index is 943. The van der Waals surface area contributed by atoms with E-state index in [2.05, 4.69) is 15.4 Å². The van der Waals surface area contributed by atoms with Crippen LogP contribution in [-0.4, -0.2) is 26.7 Å². The van der Waals surface area contributed by atoms with E-state index in [4.69, 9.17) is 0 Å². The first-order valence-corrected chi connectivity index (χ1v) is 8.22. The fourth-order valence-electron chi connectivity index (χ4n) is 2.99. The number of pyridine rings is 1. The summed E-state index contributed by atoms with van der Waals surface area (Å²) in [7, 11) is 0. The molecule has 6 heteroatoms. The molecule has 0 aliphatic carbocycles. The van der Waals surface area contributed by atoms with Crippen LogP contribution >= 0.6 is 0 Å². The molecule has 130 valence electrons. The second-order valence-corrected chi connectivity index (χ2v) is 6.46. The number of rotatable bonds is 4. The number of aryl methyl sites for hydroxylation is 3. The number of hydrogen-bond acceptors (Lipinski definition) is 3. The molecule has 0 radical (unpaired) electrons. The standard InChI is InChI=1S/C19H21FN4O/c1-11-8-17(16-6-5-15(20)9-18(16)21-11)19(25)22-13(3)10-24-14(4)7-12(2)23-24/h5-9,13H,10H2,1-4H3,(H,22,25)/t13-/m1/s1. The summed E-state index contributed by atoms with van der Waals surface area (Å²) < 4.78 is 15.3. The number of nitrogens with zero attached hydrogens (tertiary/aromatic N) is 3. The van der Waals surface area contributed by atoms with E-state index in [1.165, 1.54) is 12.1 Å². The number of carbonyl (C=O) groups is 1. The van der Waals surface area contributed by atoms with Gasteiger partial charge in [-0.05, 0) is 52.0 Å². The van der Waals surface area contributed by atoms with Gasteiger partial charge in [0.1, 0.15) is 5.82 Å². The SMILES string of the molecule is Cc1cc(C(=O)N[C@H](C)Cn2nc(C)cc2C)c2ccc(F)cc2n1. The number of benzene rings is 1. The molecular weight excluding hydrogens is 319 g/mol. The molecule has 0 aliphatic rings. The molecule has 1 amide bonds. The van der Waals surface area contributed by atoms with Crippen molar-refractivity contribution in [2.45, 2.75) is 40.3 Å². The van der Waals surface area contributed by atoms with Crippen molar-refractivity contribution in [3.8, 4) is 0 Å². The third-order valence-corrected chi connectivity index (χ3v) is 4.07. The fraction of sp³-hybridized carbons (Fsp3) is 0.316. The summed E-state index contributed by atoms with van der Waals surface area (Å²) in [6, 6.07) is 7.91. The maximum atomic E-state index is 13.4. The van der Waals surface area contributed by atoms with Crippen LogP contribution < -0.4 is 5.32 Å². The minimum atomic E-state index is -0.366. The lowest BCUT2D eigenvalue weighted by Gasteiger charge is -2.16. The average molecular weight is 340 g/mol. The van der Waals surface area contributed by atoms with Gasteiger partial charge < -0.3 is 5.32 Å². The van der Waals surface area contributed by atoms with E-state index in [0.29, 0.717) is 28.7 Å². The highest BCUT2D eigenvalue weighted by atomic mass is 19.1. The third-order valence-electron chi connectivity index (χ3n) is 4.07. The predicted molar refractivity (Wildman–Crippen MR) is 95.1 cm³/mol. The van der Waals surface area contributed by atoms with Crippen LogP contribution in [0.25, 0.3) is 10.9 Å². The zero-order valence-corrected chi connectivity index (χ0v) is 14.8. The van der Waals surface area contributed by atoms with Gasteiger partial charge in [0.25, 0.3) is 5.91 Å². The Morgan fingerprint density at radius 1 is 1.20 bits per heavy atom. The van der Waals surface area contributed by atoms with Crippen molar-refractivity contribution in [2.24, 2.45) is 0 Å². The summed E-state index contributed by atoms with van der Waals surface area (Å²) in [5.74, 6) is -0.564. The topological polar surface area (TPSA) is 59.8 Å².